The molecule has 0 aromatic heterocycles. The van der Waals surface area contributed by atoms with Crippen molar-refractivity contribution in [3.63, 3.8) is 0 Å². The second kappa shape index (κ2) is 8.58. The maximum atomic E-state index is 13.0. The summed E-state index contributed by atoms with van der Waals surface area (Å²) < 4.78 is 0. The van der Waals surface area contributed by atoms with Crippen LogP contribution in [0.5, 0.6) is 0 Å². The highest BCUT2D eigenvalue weighted by Gasteiger charge is 2.51. The molecule has 0 unspecified atom stereocenters. The lowest BCUT2D eigenvalue weighted by molar-refractivity contribution is -0.124. The van der Waals surface area contributed by atoms with E-state index in [1.54, 1.807) is 0 Å². The second-order valence-electron chi connectivity index (χ2n) is 10.2. The maximum Gasteiger partial charge on any atom is 0.256 e. The van der Waals surface area contributed by atoms with Crippen LogP contribution >= 0.6 is 11.8 Å². The highest BCUT2D eigenvalue weighted by atomic mass is 32.2. The summed E-state index contributed by atoms with van der Waals surface area (Å²) in [5, 5.41) is 6.48. The second-order valence-corrected chi connectivity index (χ2v) is 11.2. The van der Waals surface area contributed by atoms with Crippen LogP contribution in [-0.2, 0) is 4.79 Å². The monoisotopic (exact) mass is 448 g/mol. The van der Waals surface area contributed by atoms with Crippen molar-refractivity contribution in [2.75, 3.05) is 11.1 Å². The molecule has 6 rings (SSSR count). The zero-order valence-electron chi connectivity index (χ0n) is 18.9. The van der Waals surface area contributed by atoms with Gasteiger partial charge in [0.15, 0.2) is 0 Å². The number of carbonyl (C=O) groups is 2. The van der Waals surface area contributed by atoms with Crippen molar-refractivity contribution in [1.82, 2.24) is 5.32 Å². The molecule has 4 bridgehead atoms. The van der Waals surface area contributed by atoms with Crippen molar-refractivity contribution in [2.45, 2.75) is 62.8 Å². The van der Waals surface area contributed by atoms with Crippen LogP contribution in [0.1, 0.15) is 60.0 Å². The van der Waals surface area contributed by atoms with Gasteiger partial charge in [-0.05, 0) is 99.5 Å². The van der Waals surface area contributed by atoms with E-state index in [-0.39, 0.29) is 17.4 Å². The lowest BCUT2D eigenvalue weighted by Gasteiger charge is -2.56. The molecule has 4 aliphatic rings. The van der Waals surface area contributed by atoms with Crippen LogP contribution in [0.2, 0.25) is 0 Å². The van der Waals surface area contributed by atoms with Gasteiger partial charge in [0.2, 0.25) is 5.91 Å². The van der Waals surface area contributed by atoms with Gasteiger partial charge in [-0.15, -0.1) is 11.8 Å². The van der Waals surface area contributed by atoms with E-state index in [1.807, 2.05) is 56.3 Å². The normalized spacial score (nSPS) is 27.9. The number of aryl methyl sites for hydroxylation is 1. The molecule has 0 spiro atoms. The predicted octanol–water partition coefficient (Wildman–Crippen LogP) is 5.73. The minimum atomic E-state index is -0.136. The van der Waals surface area contributed by atoms with Gasteiger partial charge in [-0.1, -0.05) is 24.3 Å². The van der Waals surface area contributed by atoms with E-state index in [2.05, 4.69) is 10.6 Å². The van der Waals surface area contributed by atoms with Crippen molar-refractivity contribution < 1.29 is 9.59 Å². The number of rotatable bonds is 6. The number of nitrogens with one attached hydrogen (secondary N) is 2. The van der Waals surface area contributed by atoms with E-state index in [0.717, 1.165) is 58.7 Å². The van der Waals surface area contributed by atoms with E-state index in [9.17, 15) is 9.59 Å². The Kier molecular flexibility index (Phi) is 5.79. The lowest BCUT2D eigenvalue weighted by atomic mass is 9.53. The van der Waals surface area contributed by atoms with E-state index in [0.29, 0.717) is 11.3 Å². The van der Waals surface area contributed by atoms with Crippen LogP contribution < -0.4 is 10.6 Å². The first-order valence-corrected chi connectivity index (χ1v) is 12.8. The summed E-state index contributed by atoms with van der Waals surface area (Å²) in [7, 11) is 0. The van der Waals surface area contributed by atoms with Gasteiger partial charge in [0, 0.05) is 16.1 Å². The highest BCUT2D eigenvalue weighted by Crippen LogP contribution is 2.55. The van der Waals surface area contributed by atoms with Crippen LogP contribution in [0.25, 0.3) is 0 Å². The number of thioether (sulfide) groups is 1. The lowest BCUT2D eigenvalue weighted by Crippen LogP contribution is -2.60. The number of anilines is 1. The average Bonchev–Trinajstić information content (AvgIpc) is 2.74. The molecule has 32 heavy (non-hydrogen) atoms. The molecule has 5 heteroatoms. The molecule has 2 aromatic carbocycles. The Labute approximate surface area is 194 Å². The van der Waals surface area contributed by atoms with Gasteiger partial charge < -0.3 is 10.6 Å². The molecule has 4 nitrogen and oxygen atoms in total. The molecule has 0 atom stereocenters. The van der Waals surface area contributed by atoms with Crippen molar-refractivity contribution >= 4 is 29.3 Å². The van der Waals surface area contributed by atoms with Gasteiger partial charge in [-0.3, -0.25) is 9.59 Å². The molecule has 0 saturated heterocycles. The van der Waals surface area contributed by atoms with Gasteiger partial charge in [-0.2, -0.15) is 0 Å². The van der Waals surface area contributed by atoms with Gasteiger partial charge in [0.25, 0.3) is 5.91 Å². The molecule has 0 aliphatic heterocycles. The fourth-order valence-corrected chi connectivity index (χ4v) is 7.44. The summed E-state index contributed by atoms with van der Waals surface area (Å²) in [6.45, 7) is 4.05. The maximum absolute atomic E-state index is 13.0. The Bertz CT molecular complexity index is 1010. The number of benzene rings is 2. The number of hydrogen-bond acceptors (Lipinski definition) is 3. The molecule has 168 valence electrons. The van der Waals surface area contributed by atoms with E-state index < -0.39 is 0 Å². The summed E-state index contributed by atoms with van der Waals surface area (Å²) in [6, 6.07) is 13.5. The fraction of sp³-hybridized carbons (Fsp3) is 0.481. The Morgan fingerprint density at radius 2 is 1.59 bits per heavy atom. The molecule has 2 aromatic rings. The van der Waals surface area contributed by atoms with E-state index >= 15 is 0 Å². The predicted molar refractivity (Wildman–Crippen MR) is 130 cm³/mol. The van der Waals surface area contributed by atoms with Crippen molar-refractivity contribution in [2.24, 2.45) is 17.8 Å². The molecule has 4 saturated carbocycles. The van der Waals surface area contributed by atoms with Crippen LogP contribution in [0.4, 0.5) is 5.69 Å². The van der Waals surface area contributed by atoms with Crippen LogP contribution in [0, 0.1) is 31.6 Å². The largest absolute Gasteiger partial charge is 0.350 e. The van der Waals surface area contributed by atoms with Gasteiger partial charge in [0.1, 0.15) is 0 Å². The van der Waals surface area contributed by atoms with E-state index in [4.69, 9.17) is 0 Å². The van der Waals surface area contributed by atoms with Gasteiger partial charge >= 0.3 is 0 Å². The Balaban J connectivity index is 1.23. The highest BCUT2D eigenvalue weighted by molar-refractivity contribution is 8.00. The van der Waals surface area contributed by atoms with Crippen molar-refractivity contribution in [3.05, 3.63) is 59.2 Å². The first-order valence-electron chi connectivity index (χ1n) is 11.8. The van der Waals surface area contributed by atoms with Gasteiger partial charge in [0.05, 0.1) is 11.3 Å². The smallest absolute Gasteiger partial charge is 0.256 e. The zero-order chi connectivity index (χ0) is 22.3. The molecule has 4 fully saturated rings. The Morgan fingerprint density at radius 3 is 2.28 bits per heavy atom. The molecule has 4 aliphatic carbocycles. The number of carbonyl (C=O) groups excluding carboxylic acids is 2. The van der Waals surface area contributed by atoms with Gasteiger partial charge in [-0.25, -0.2) is 0 Å². The third-order valence-corrected chi connectivity index (χ3v) is 8.86. The molecular weight excluding hydrogens is 416 g/mol. The first kappa shape index (κ1) is 21.6. The minimum Gasteiger partial charge on any atom is -0.350 e. The van der Waals surface area contributed by atoms with Crippen LogP contribution in [0.3, 0.4) is 0 Å². The molecular formula is C27H32N2O2S. The number of amides is 2. The first-order chi connectivity index (χ1) is 15.4. The van der Waals surface area contributed by atoms with E-state index in [1.165, 1.54) is 31.0 Å². The van der Waals surface area contributed by atoms with Crippen molar-refractivity contribution in [3.8, 4) is 0 Å². The zero-order valence-corrected chi connectivity index (χ0v) is 19.8. The summed E-state index contributed by atoms with van der Waals surface area (Å²) >= 11 is 1.46. The SMILES string of the molecule is Cc1cccc(NC(=O)c2ccccc2SCC(=O)NC23CC4CC(CC(C4)C2)C3)c1C. The Hall–Kier alpha value is -2.27. The summed E-state index contributed by atoms with van der Waals surface area (Å²) in [5.74, 6) is 2.73. The summed E-state index contributed by atoms with van der Waals surface area (Å²) in [6.07, 6.45) is 7.57. The fourth-order valence-electron chi connectivity index (χ4n) is 6.60. The standard InChI is InChI=1S/C27H32N2O2S/c1-17-6-5-8-23(18(17)2)28-26(31)22-7-3-4-9-24(22)32-16-25(30)29-27-13-19-10-20(14-27)12-21(11-19)15-27/h3-9,19-21H,10-16H2,1-2H3,(H,28,31)(H,29,30). The van der Waals surface area contributed by atoms with Crippen LogP contribution in [-0.4, -0.2) is 23.1 Å². The average molecular weight is 449 g/mol. The van der Waals surface area contributed by atoms with Crippen LogP contribution in [0.15, 0.2) is 47.4 Å². The molecule has 0 radical (unpaired) electrons. The quantitative estimate of drug-likeness (QED) is 0.555. The third-order valence-electron chi connectivity index (χ3n) is 7.79. The summed E-state index contributed by atoms with van der Waals surface area (Å²) in [4.78, 5) is 26.8. The molecule has 2 amide bonds. The third kappa shape index (κ3) is 4.32. The molecule has 2 N–H and O–H groups in total. The Morgan fingerprint density at radius 1 is 0.938 bits per heavy atom. The minimum absolute atomic E-state index is 0.0337. The van der Waals surface area contributed by atoms with Crippen molar-refractivity contribution in [1.29, 1.82) is 0 Å². The number of hydrogen-bond donors (Lipinski definition) is 2. The summed E-state index contributed by atoms with van der Waals surface area (Å²) in [5.41, 5.74) is 3.69. The topological polar surface area (TPSA) is 58.2 Å². The molecule has 0 heterocycles.